The molecule has 6 heteroatoms. The maximum atomic E-state index is 4.48. The Balaban J connectivity index is 1.63. The van der Waals surface area contributed by atoms with E-state index in [4.69, 9.17) is 0 Å². The van der Waals surface area contributed by atoms with Crippen molar-refractivity contribution in [3.05, 3.63) is 17.0 Å². The minimum Gasteiger partial charge on any atom is -0.356 e. The number of likely N-dealkylation sites (tertiary alicyclic amines) is 1. The fraction of sp³-hybridized carbons (Fsp3) is 0.789. The van der Waals surface area contributed by atoms with Gasteiger partial charge in [-0.2, -0.15) is 5.10 Å². The number of aromatic nitrogens is 2. The molecular weight excluding hydrogens is 312 g/mol. The molecule has 0 bridgehead atoms. The molecule has 1 aliphatic heterocycles. The van der Waals surface area contributed by atoms with Crippen molar-refractivity contribution < 1.29 is 0 Å². The zero-order chi connectivity index (χ0) is 18.1. The molecule has 2 rings (SSSR count). The molecule has 2 N–H and O–H groups in total. The third-order valence-corrected chi connectivity index (χ3v) is 5.19. The van der Waals surface area contributed by atoms with Crippen molar-refractivity contribution >= 4 is 5.96 Å². The zero-order valence-corrected chi connectivity index (χ0v) is 16.6. The van der Waals surface area contributed by atoms with Gasteiger partial charge in [-0.15, -0.1) is 0 Å². The minimum absolute atomic E-state index is 0.874. The van der Waals surface area contributed by atoms with Crippen LogP contribution in [0.1, 0.15) is 49.1 Å². The monoisotopic (exact) mass is 348 g/mol. The highest BCUT2D eigenvalue weighted by Crippen LogP contribution is 2.12. The second-order valence-corrected chi connectivity index (χ2v) is 7.06. The molecule has 0 aromatic carbocycles. The van der Waals surface area contributed by atoms with Crippen LogP contribution in [0.5, 0.6) is 0 Å². The molecule has 0 aliphatic carbocycles. The van der Waals surface area contributed by atoms with Crippen molar-refractivity contribution in [1.82, 2.24) is 25.3 Å². The number of hydrogen-bond acceptors (Lipinski definition) is 3. The van der Waals surface area contributed by atoms with Gasteiger partial charge in [-0.1, -0.05) is 12.8 Å². The smallest absolute Gasteiger partial charge is 0.190 e. The Morgan fingerprint density at radius 2 is 1.76 bits per heavy atom. The molecule has 2 heterocycles. The maximum absolute atomic E-state index is 4.48. The first-order chi connectivity index (χ1) is 12.1. The Kier molecular flexibility index (Phi) is 8.25. The third kappa shape index (κ3) is 6.34. The van der Waals surface area contributed by atoms with E-state index >= 15 is 0 Å². The van der Waals surface area contributed by atoms with E-state index in [1.54, 1.807) is 0 Å². The van der Waals surface area contributed by atoms with Crippen LogP contribution in [0.2, 0.25) is 0 Å². The van der Waals surface area contributed by atoms with Gasteiger partial charge in [0.25, 0.3) is 0 Å². The highest BCUT2D eigenvalue weighted by atomic mass is 15.3. The van der Waals surface area contributed by atoms with Gasteiger partial charge in [0.15, 0.2) is 5.96 Å². The fourth-order valence-corrected chi connectivity index (χ4v) is 3.58. The molecule has 1 saturated heterocycles. The Morgan fingerprint density at radius 1 is 1.08 bits per heavy atom. The number of aryl methyl sites for hydroxylation is 2. The van der Waals surface area contributed by atoms with Gasteiger partial charge >= 0.3 is 0 Å². The third-order valence-electron chi connectivity index (χ3n) is 5.19. The van der Waals surface area contributed by atoms with Crippen molar-refractivity contribution in [2.75, 3.05) is 39.8 Å². The lowest BCUT2D eigenvalue weighted by atomic mass is 10.1. The van der Waals surface area contributed by atoms with E-state index in [1.807, 2.05) is 18.8 Å². The lowest BCUT2D eigenvalue weighted by Crippen LogP contribution is -2.39. The summed E-state index contributed by atoms with van der Waals surface area (Å²) in [6, 6.07) is 0. The Hall–Kier alpha value is -1.56. The Morgan fingerprint density at radius 3 is 2.36 bits per heavy atom. The lowest BCUT2D eigenvalue weighted by molar-refractivity contribution is 0.282. The summed E-state index contributed by atoms with van der Waals surface area (Å²) in [6.07, 6.45) is 7.68. The van der Waals surface area contributed by atoms with Crippen LogP contribution in [0.3, 0.4) is 0 Å². The number of nitrogens with zero attached hydrogens (tertiary/aromatic N) is 4. The summed E-state index contributed by atoms with van der Waals surface area (Å²) in [7, 11) is 3.84. The SMILES string of the molecule is CN=C(NCCCN1CCCCCC1)NCCc1c(C)nn(C)c1C. The second kappa shape index (κ2) is 10.4. The van der Waals surface area contributed by atoms with E-state index < -0.39 is 0 Å². The second-order valence-electron chi connectivity index (χ2n) is 7.06. The van der Waals surface area contributed by atoms with Crippen LogP contribution in [0.25, 0.3) is 0 Å². The van der Waals surface area contributed by atoms with Crippen molar-refractivity contribution in [1.29, 1.82) is 0 Å². The van der Waals surface area contributed by atoms with Crippen molar-refractivity contribution in [3.8, 4) is 0 Å². The van der Waals surface area contributed by atoms with Gasteiger partial charge in [0.1, 0.15) is 0 Å². The maximum Gasteiger partial charge on any atom is 0.190 e. The molecular formula is C19H36N6. The Labute approximate surface area is 153 Å². The zero-order valence-electron chi connectivity index (χ0n) is 16.6. The first-order valence-corrected chi connectivity index (χ1v) is 9.77. The number of aliphatic imine (C=N–C) groups is 1. The van der Waals surface area contributed by atoms with Crippen molar-refractivity contribution in [3.63, 3.8) is 0 Å². The number of rotatable bonds is 7. The summed E-state index contributed by atoms with van der Waals surface area (Å²) >= 11 is 0. The van der Waals surface area contributed by atoms with Crippen LogP contribution in [0.15, 0.2) is 4.99 Å². The highest BCUT2D eigenvalue weighted by molar-refractivity contribution is 5.79. The summed E-state index contributed by atoms with van der Waals surface area (Å²) in [4.78, 5) is 6.94. The van der Waals surface area contributed by atoms with Crippen LogP contribution in [0.4, 0.5) is 0 Å². The van der Waals surface area contributed by atoms with E-state index in [-0.39, 0.29) is 0 Å². The van der Waals surface area contributed by atoms with Crippen molar-refractivity contribution in [2.45, 2.75) is 52.4 Å². The Bertz CT molecular complexity index is 540. The van der Waals surface area contributed by atoms with Gasteiger partial charge in [-0.05, 0) is 64.7 Å². The molecule has 0 spiro atoms. The number of guanidine groups is 1. The van der Waals surface area contributed by atoms with Crippen molar-refractivity contribution in [2.24, 2.45) is 12.0 Å². The van der Waals surface area contributed by atoms with Gasteiger partial charge in [0.2, 0.25) is 0 Å². The van der Waals surface area contributed by atoms with E-state index in [0.717, 1.165) is 31.2 Å². The van der Waals surface area contributed by atoms with E-state index in [0.29, 0.717) is 0 Å². The lowest BCUT2D eigenvalue weighted by Gasteiger charge is -2.20. The van der Waals surface area contributed by atoms with Gasteiger partial charge in [0.05, 0.1) is 5.69 Å². The molecule has 0 unspecified atom stereocenters. The van der Waals surface area contributed by atoms with Crippen LogP contribution >= 0.6 is 0 Å². The van der Waals surface area contributed by atoms with Crippen LogP contribution < -0.4 is 10.6 Å². The summed E-state index contributed by atoms with van der Waals surface area (Å²) in [5.41, 5.74) is 3.72. The van der Waals surface area contributed by atoms with Gasteiger partial charge in [-0.3, -0.25) is 9.67 Å². The molecule has 25 heavy (non-hydrogen) atoms. The number of nitrogens with one attached hydrogen (secondary N) is 2. The molecule has 0 amide bonds. The number of hydrogen-bond donors (Lipinski definition) is 2. The summed E-state index contributed by atoms with van der Waals surface area (Å²) in [5, 5.41) is 11.3. The molecule has 0 radical (unpaired) electrons. The molecule has 6 nitrogen and oxygen atoms in total. The quantitative estimate of drug-likeness (QED) is 0.450. The first kappa shape index (κ1) is 19.8. The predicted molar refractivity (Wildman–Crippen MR) is 105 cm³/mol. The molecule has 0 atom stereocenters. The molecule has 1 aromatic rings. The predicted octanol–water partition coefficient (Wildman–Crippen LogP) is 2.01. The molecule has 1 fully saturated rings. The molecule has 0 saturated carbocycles. The van der Waals surface area contributed by atoms with Gasteiger partial charge in [0, 0.05) is 32.9 Å². The molecule has 1 aromatic heterocycles. The summed E-state index contributed by atoms with van der Waals surface area (Å²) in [6.45, 7) is 9.80. The van der Waals surface area contributed by atoms with E-state index in [2.05, 4.69) is 39.5 Å². The normalized spacial score (nSPS) is 16.7. The van der Waals surface area contributed by atoms with E-state index in [9.17, 15) is 0 Å². The van der Waals surface area contributed by atoms with Gasteiger partial charge < -0.3 is 15.5 Å². The standard InChI is InChI=1S/C19H36N6/c1-16-18(17(2)24(4)23-16)10-12-22-19(20-3)21-11-9-15-25-13-7-5-6-8-14-25/h5-15H2,1-4H3,(H2,20,21,22). The van der Waals surface area contributed by atoms with E-state index in [1.165, 1.54) is 63.0 Å². The summed E-state index contributed by atoms with van der Waals surface area (Å²) in [5.74, 6) is 0.898. The van der Waals surface area contributed by atoms with Crippen LogP contribution in [-0.2, 0) is 13.5 Å². The average molecular weight is 349 g/mol. The van der Waals surface area contributed by atoms with Crippen LogP contribution in [0, 0.1) is 13.8 Å². The minimum atomic E-state index is 0.874. The molecule has 142 valence electrons. The first-order valence-electron chi connectivity index (χ1n) is 9.77. The summed E-state index contributed by atoms with van der Waals surface area (Å²) < 4.78 is 1.96. The van der Waals surface area contributed by atoms with Gasteiger partial charge in [-0.25, -0.2) is 0 Å². The largest absolute Gasteiger partial charge is 0.356 e. The fourth-order valence-electron chi connectivity index (χ4n) is 3.58. The van der Waals surface area contributed by atoms with Crippen LogP contribution in [-0.4, -0.2) is 60.4 Å². The average Bonchev–Trinajstić information content (AvgIpc) is 2.80. The topological polar surface area (TPSA) is 57.5 Å². The highest BCUT2D eigenvalue weighted by Gasteiger charge is 2.10. The molecule has 1 aliphatic rings.